The number of imide groups is 1. The summed E-state index contributed by atoms with van der Waals surface area (Å²) in [5.74, 6) is -0.721. The van der Waals surface area contributed by atoms with Crippen molar-refractivity contribution in [3.8, 4) is 0 Å². The van der Waals surface area contributed by atoms with Crippen molar-refractivity contribution in [1.82, 2.24) is 14.5 Å². The fourth-order valence-electron chi connectivity index (χ4n) is 4.36. The Bertz CT molecular complexity index is 1450. The number of carbonyl (C=O) groups is 2. The van der Waals surface area contributed by atoms with Crippen molar-refractivity contribution in [2.75, 3.05) is 0 Å². The molecule has 0 spiro atoms. The number of nitrogens with one attached hydrogen (secondary N) is 1. The van der Waals surface area contributed by atoms with Crippen molar-refractivity contribution >= 4 is 50.3 Å². The SMILES string of the molecule is C=C(C)c1ccc2c(C3=C(c4cn(C)c5ccccc45)C(=O)NC3=O)cn(C)c2c1. The highest BCUT2D eigenvalue weighted by atomic mass is 16.2. The van der Waals surface area contributed by atoms with E-state index < -0.39 is 0 Å². The van der Waals surface area contributed by atoms with Gasteiger partial charge in [0.1, 0.15) is 0 Å². The van der Waals surface area contributed by atoms with Crippen LogP contribution in [0.2, 0.25) is 0 Å². The Hall–Kier alpha value is -3.86. The van der Waals surface area contributed by atoms with Gasteiger partial charge >= 0.3 is 0 Å². The van der Waals surface area contributed by atoms with Gasteiger partial charge in [0.25, 0.3) is 11.8 Å². The first-order chi connectivity index (χ1) is 14.4. The summed E-state index contributed by atoms with van der Waals surface area (Å²) in [6.45, 7) is 5.99. The summed E-state index contributed by atoms with van der Waals surface area (Å²) in [6, 6.07) is 14.0. The zero-order valence-corrected chi connectivity index (χ0v) is 17.1. The van der Waals surface area contributed by atoms with E-state index in [4.69, 9.17) is 0 Å². The summed E-state index contributed by atoms with van der Waals surface area (Å²) < 4.78 is 3.97. The van der Waals surface area contributed by atoms with Crippen LogP contribution < -0.4 is 5.32 Å². The summed E-state index contributed by atoms with van der Waals surface area (Å²) in [5, 5.41) is 4.38. The zero-order valence-electron chi connectivity index (χ0n) is 17.1. The van der Waals surface area contributed by atoms with Crippen LogP contribution in [0.3, 0.4) is 0 Å². The van der Waals surface area contributed by atoms with Gasteiger partial charge in [-0.15, -0.1) is 0 Å². The van der Waals surface area contributed by atoms with E-state index in [-0.39, 0.29) is 11.8 Å². The summed E-state index contributed by atoms with van der Waals surface area (Å²) in [7, 11) is 3.89. The van der Waals surface area contributed by atoms with Gasteiger partial charge in [-0.1, -0.05) is 42.5 Å². The number of carbonyl (C=O) groups excluding carboxylic acids is 2. The highest BCUT2D eigenvalue weighted by Crippen LogP contribution is 2.39. The van der Waals surface area contributed by atoms with E-state index in [1.807, 2.05) is 78.9 Å². The fourth-order valence-corrected chi connectivity index (χ4v) is 4.36. The number of benzene rings is 2. The van der Waals surface area contributed by atoms with Crippen molar-refractivity contribution in [1.29, 1.82) is 0 Å². The molecule has 1 aliphatic rings. The Morgan fingerprint density at radius 3 is 2.03 bits per heavy atom. The van der Waals surface area contributed by atoms with Gasteiger partial charge in [-0.25, -0.2) is 0 Å². The Kier molecular flexibility index (Phi) is 3.83. The number of nitrogens with zero attached hydrogens (tertiary/aromatic N) is 2. The van der Waals surface area contributed by atoms with Crippen LogP contribution in [0.25, 0.3) is 38.5 Å². The largest absolute Gasteiger partial charge is 0.350 e. The van der Waals surface area contributed by atoms with Gasteiger partial charge in [0.15, 0.2) is 0 Å². The van der Waals surface area contributed by atoms with Crippen molar-refractivity contribution in [3.63, 3.8) is 0 Å². The molecule has 30 heavy (non-hydrogen) atoms. The van der Waals surface area contributed by atoms with Gasteiger partial charge in [-0.3, -0.25) is 14.9 Å². The van der Waals surface area contributed by atoms with Crippen LogP contribution in [0.4, 0.5) is 0 Å². The van der Waals surface area contributed by atoms with E-state index in [2.05, 4.69) is 18.0 Å². The normalized spacial score (nSPS) is 14.2. The minimum absolute atomic E-state index is 0.359. The number of allylic oxidation sites excluding steroid dienone is 1. The Morgan fingerprint density at radius 1 is 0.833 bits per heavy atom. The molecule has 0 aliphatic carbocycles. The topological polar surface area (TPSA) is 56.0 Å². The van der Waals surface area contributed by atoms with Crippen molar-refractivity contribution < 1.29 is 9.59 Å². The van der Waals surface area contributed by atoms with Crippen molar-refractivity contribution in [2.45, 2.75) is 6.92 Å². The molecule has 1 N–H and O–H groups in total. The van der Waals surface area contributed by atoms with Gasteiger partial charge in [-0.2, -0.15) is 0 Å². The number of hydrogen-bond donors (Lipinski definition) is 1. The number of aryl methyl sites for hydroxylation is 2. The van der Waals surface area contributed by atoms with E-state index in [0.29, 0.717) is 11.1 Å². The molecule has 148 valence electrons. The molecular weight excluding hydrogens is 374 g/mol. The van der Waals surface area contributed by atoms with Crippen LogP contribution in [-0.2, 0) is 23.7 Å². The third kappa shape index (κ3) is 2.48. The van der Waals surface area contributed by atoms with Crippen LogP contribution >= 0.6 is 0 Å². The number of para-hydroxylation sites is 1. The standard InChI is InChI=1S/C25H21N3O2/c1-14(2)15-9-10-17-19(13-28(4)21(17)11-15)23-22(24(29)26-25(23)30)18-12-27(3)20-8-6-5-7-16(18)20/h5-13H,1H2,2-4H3,(H,26,29,30). The summed E-state index contributed by atoms with van der Waals surface area (Å²) in [4.78, 5) is 25.8. The minimum Gasteiger partial charge on any atom is -0.350 e. The predicted octanol–water partition coefficient (Wildman–Crippen LogP) is 4.27. The molecule has 0 unspecified atom stereocenters. The second-order valence-electron chi connectivity index (χ2n) is 7.87. The van der Waals surface area contributed by atoms with E-state index >= 15 is 0 Å². The van der Waals surface area contributed by atoms with Gasteiger partial charge in [0.2, 0.25) is 0 Å². The molecule has 0 bridgehead atoms. The monoisotopic (exact) mass is 395 g/mol. The lowest BCUT2D eigenvalue weighted by Crippen LogP contribution is -2.22. The van der Waals surface area contributed by atoms with Crippen LogP contribution in [0, 0.1) is 0 Å². The van der Waals surface area contributed by atoms with E-state index in [1.165, 1.54) is 0 Å². The maximum atomic E-state index is 12.9. The average molecular weight is 395 g/mol. The van der Waals surface area contributed by atoms with Crippen LogP contribution in [0.5, 0.6) is 0 Å². The quantitative estimate of drug-likeness (QED) is 0.527. The molecule has 0 saturated carbocycles. The Labute approximate surface area is 173 Å². The molecule has 5 rings (SSSR count). The van der Waals surface area contributed by atoms with E-state index in [0.717, 1.165) is 44.1 Å². The molecule has 0 radical (unpaired) electrons. The fraction of sp³-hybridized carbons (Fsp3) is 0.120. The number of fused-ring (bicyclic) bond motifs is 2. The molecule has 3 heterocycles. The lowest BCUT2D eigenvalue weighted by Gasteiger charge is -2.04. The highest BCUT2D eigenvalue weighted by molar-refractivity contribution is 6.50. The van der Waals surface area contributed by atoms with Crippen LogP contribution in [0.15, 0.2) is 61.4 Å². The molecule has 1 aliphatic heterocycles. The molecule has 2 amide bonds. The second-order valence-corrected chi connectivity index (χ2v) is 7.87. The molecule has 4 aromatic rings. The molecule has 5 heteroatoms. The molecule has 0 atom stereocenters. The molecule has 0 saturated heterocycles. The van der Waals surface area contributed by atoms with Crippen LogP contribution in [0.1, 0.15) is 23.6 Å². The van der Waals surface area contributed by atoms with Gasteiger partial charge in [-0.05, 0) is 24.6 Å². The lowest BCUT2D eigenvalue weighted by molar-refractivity contribution is -0.122. The molecule has 5 nitrogen and oxygen atoms in total. The Balaban J connectivity index is 1.83. The molecule has 0 fully saturated rings. The van der Waals surface area contributed by atoms with E-state index in [1.54, 1.807) is 0 Å². The zero-order chi connectivity index (χ0) is 21.2. The Morgan fingerprint density at radius 2 is 1.40 bits per heavy atom. The third-order valence-electron chi connectivity index (χ3n) is 5.85. The minimum atomic E-state index is -0.362. The average Bonchev–Trinajstić information content (AvgIpc) is 3.32. The first-order valence-electron chi connectivity index (χ1n) is 9.76. The second kappa shape index (κ2) is 6.32. The number of aromatic nitrogens is 2. The highest BCUT2D eigenvalue weighted by Gasteiger charge is 2.35. The summed E-state index contributed by atoms with van der Waals surface area (Å²) in [5.41, 5.74) is 6.39. The van der Waals surface area contributed by atoms with Crippen LogP contribution in [-0.4, -0.2) is 20.9 Å². The summed E-state index contributed by atoms with van der Waals surface area (Å²) in [6.07, 6.45) is 3.84. The van der Waals surface area contributed by atoms with Gasteiger partial charge in [0.05, 0.1) is 11.1 Å². The van der Waals surface area contributed by atoms with Gasteiger partial charge in [0, 0.05) is 59.4 Å². The maximum absolute atomic E-state index is 12.9. The number of amides is 2. The molecular formula is C25H21N3O2. The number of hydrogen-bond acceptors (Lipinski definition) is 2. The maximum Gasteiger partial charge on any atom is 0.259 e. The summed E-state index contributed by atoms with van der Waals surface area (Å²) >= 11 is 0. The van der Waals surface area contributed by atoms with Crippen molar-refractivity contribution in [3.05, 3.63) is 78.1 Å². The van der Waals surface area contributed by atoms with Crippen molar-refractivity contribution in [2.24, 2.45) is 14.1 Å². The first-order valence-corrected chi connectivity index (χ1v) is 9.76. The lowest BCUT2D eigenvalue weighted by atomic mass is 9.95. The predicted molar refractivity (Wildman–Crippen MR) is 121 cm³/mol. The van der Waals surface area contributed by atoms with E-state index in [9.17, 15) is 9.59 Å². The number of rotatable bonds is 3. The molecule has 2 aromatic carbocycles. The molecule has 2 aromatic heterocycles. The smallest absolute Gasteiger partial charge is 0.259 e. The third-order valence-corrected chi connectivity index (χ3v) is 5.85. The van der Waals surface area contributed by atoms with Gasteiger partial charge < -0.3 is 9.13 Å². The first kappa shape index (κ1) is 18.2.